The highest BCUT2D eigenvalue weighted by Gasteiger charge is 2.30. The Morgan fingerprint density at radius 2 is 1.67 bits per heavy atom. The minimum Gasteiger partial charge on any atom is -0.369 e. The Balaban J connectivity index is 1.51. The summed E-state index contributed by atoms with van der Waals surface area (Å²) in [5.41, 5.74) is 1.62. The highest BCUT2D eigenvalue weighted by molar-refractivity contribution is 5.46. The van der Waals surface area contributed by atoms with Crippen LogP contribution in [-0.4, -0.2) is 50.7 Å². The molecule has 0 amide bonds. The van der Waals surface area contributed by atoms with Gasteiger partial charge in [0.15, 0.2) is 0 Å². The van der Waals surface area contributed by atoms with Gasteiger partial charge < -0.3 is 10.2 Å². The van der Waals surface area contributed by atoms with Crippen molar-refractivity contribution in [2.75, 3.05) is 50.7 Å². The van der Waals surface area contributed by atoms with Gasteiger partial charge in [-0.05, 0) is 55.6 Å². The molecule has 0 aromatic heterocycles. The van der Waals surface area contributed by atoms with Gasteiger partial charge >= 0.3 is 0 Å². The van der Waals surface area contributed by atoms with Gasteiger partial charge in [0.05, 0.1) is 0 Å². The molecule has 0 aliphatic carbocycles. The maximum Gasteiger partial charge on any atom is 0.123 e. The molecule has 2 fully saturated rings. The summed E-state index contributed by atoms with van der Waals surface area (Å²) >= 11 is 0. The summed E-state index contributed by atoms with van der Waals surface area (Å²) in [7, 11) is 0. The minimum atomic E-state index is -0.156. The first-order valence-corrected chi connectivity index (χ1v) is 8.08. The lowest BCUT2D eigenvalue weighted by atomic mass is 9.80. The number of nitrogens with zero attached hydrogens (tertiary/aromatic N) is 2. The Labute approximate surface area is 127 Å². The van der Waals surface area contributed by atoms with E-state index in [2.05, 4.69) is 22.0 Å². The topological polar surface area (TPSA) is 18.5 Å². The molecule has 1 N–H and O–H groups in total. The van der Waals surface area contributed by atoms with Gasteiger partial charge in [0.25, 0.3) is 0 Å². The number of piperazine rings is 1. The maximum absolute atomic E-state index is 13.0. The summed E-state index contributed by atoms with van der Waals surface area (Å²) in [5.74, 6) is -0.156. The normalized spacial score (nSPS) is 23.2. The largest absolute Gasteiger partial charge is 0.369 e. The molecular weight excluding hydrogens is 265 g/mol. The standard InChI is InChI=1S/C17H26FN3/c1-17(6-8-19-9-7-17)14-20-10-12-21(13-11-20)16-4-2-15(18)3-5-16/h2-5,19H,6-14H2,1H3. The van der Waals surface area contributed by atoms with Crippen LogP contribution >= 0.6 is 0 Å². The summed E-state index contributed by atoms with van der Waals surface area (Å²) in [5, 5.41) is 3.45. The maximum atomic E-state index is 13.0. The van der Waals surface area contributed by atoms with Gasteiger partial charge in [0.2, 0.25) is 0 Å². The van der Waals surface area contributed by atoms with Gasteiger partial charge in [-0.25, -0.2) is 4.39 Å². The van der Waals surface area contributed by atoms with Crippen molar-refractivity contribution in [2.24, 2.45) is 5.41 Å². The van der Waals surface area contributed by atoms with Crippen LogP contribution in [0.25, 0.3) is 0 Å². The van der Waals surface area contributed by atoms with Gasteiger partial charge in [-0.15, -0.1) is 0 Å². The van der Waals surface area contributed by atoms with Crippen molar-refractivity contribution in [1.82, 2.24) is 10.2 Å². The summed E-state index contributed by atoms with van der Waals surface area (Å²) in [4.78, 5) is 4.96. The second kappa shape index (κ2) is 6.32. The van der Waals surface area contributed by atoms with Gasteiger partial charge in [-0.1, -0.05) is 6.92 Å². The smallest absolute Gasteiger partial charge is 0.123 e. The Kier molecular flexibility index (Phi) is 4.45. The van der Waals surface area contributed by atoms with Crippen molar-refractivity contribution in [1.29, 1.82) is 0 Å². The van der Waals surface area contributed by atoms with Crippen LogP contribution in [0.1, 0.15) is 19.8 Å². The van der Waals surface area contributed by atoms with Crippen LogP contribution in [0.4, 0.5) is 10.1 Å². The predicted octanol–water partition coefficient (Wildman–Crippen LogP) is 2.34. The second-order valence-corrected chi connectivity index (χ2v) is 6.80. The van der Waals surface area contributed by atoms with E-state index in [1.807, 2.05) is 12.1 Å². The zero-order valence-corrected chi connectivity index (χ0v) is 12.9. The lowest BCUT2D eigenvalue weighted by molar-refractivity contribution is 0.123. The molecule has 21 heavy (non-hydrogen) atoms. The molecule has 0 bridgehead atoms. The zero-order valence-electron chi connectivity index (χ0n) is 12.9. The quantitative estimate of drug-likeness (QED) is 0.922. The van der Waals surface area contributed by atoms with E-state index in [9.17, 15) is 4.39 Å². The van der Waals surface area contributed by atoms with E-state index in [0.717, 1.165) is 45.0 Å². The van der Waals surface area contributed by atoms with Crippen molar-refractivity contribution < 1.29 is 4.39 Å². The van der Waals surface area contributed by atoms with E-state index < -0.39 is 0 Å². The lowest BCUT2D eigenvalue weighted by Gasteiger charge is -2.42. The molecule has 1 aromatic rings. The number of anilines is 1. The van der Waals surface area contributed by atoms with E-state index in [1.165, 1.54) is 19.4 Å². The van der Waals surface area contributed by atoms with Crippen LogP contribution in [0.3, 0.4) is 0 Å². The molecule has 1 aromatic carbocycles. The lowest BCUT2D eigenvalue weighted by Crippen LogP contribution is -2.51. The van der Waals surface area contributed by atoms with Crippen LogP contribution in [0.15, 0.2) is 24.3 Å². The Morgan fingerprint density at radius 1 is 1.05 bits per heavy atom. The molecule has 2 heterocycles. The Morgan fingerprint density at radius 3 is 2.29 bits per heavy atom. The molecular formula is C17H26FN3. The first-order valence-electron chi connectivity index (χ1n) is 8.08. The molecule has 0 atom stereocenters. The second-order valence-electron chi connectivity index (χ2n) is 6.80. The van der Waals surface area contributed by atoms with Crippen LogP contribution in [0.5, 0.6) is 0 Å². The number of benzene rings is 1. The summed E-state index contributed by atoms with van der Waals surface area (Å²) in [6, 6.07) is 6.88. The molecule has 2 aliphatic rings. The van der Waals surface area contributed by atoms with Crippen LogP contribution in [-0.2, 0) is 0 Å². The van der Waals surface area contributed by atoms with Gasteiger partial charge in [-0.3, -0.25) is 4.90 Å². The van der Waals surface area contributed by atoms with Crippen molar-refractivity contribution in [3.05, 3.63) is 30.1 Å². The van der Waals surface area contributed by atoms with Crippen molar-refractivity contribution in [3.63, 3.8) is 0 Å². The van der Waals surface area contributed by atoms with Gasteiger partial charge in [0, 0.05) is 38.4 Å². The fourth-order valence-corrected chi connectivity index (χ4v) is 3.54. The summed E-state index contributed by atoms with van der Waals surface area (Å²) < 4.78 is 13.0. The number of hydrogen-bond acceptors (Lipinski definition) is 3. The fourth-order valence-electron chi connectivity index (χ4n) is 3.54. The van der Waals surface area contributed by atoms with Crippen molar-refractivity contribution >= 4 is 5.69 Å². The first kappa shape index (κ1) is 14.8. The Bertz CT molecular complexity index is 446. The third kappa shape index (κ3) is 3.74. The number of rotatable bonds is 3. The van der Waals surface area contributed by atoms with E-state index in [1.54, 1.807) is 12.1 Å². The SMILES string of the molecule is CC1(CN2CCN(c3ccc(F)cc3)CC2)CCNCC1. The summed E-state index contributed by atoms with van der Waals surface area (Å²) in [6.07, 6.45) is 2.57. The molecule has 0 spiro atoms. The molecule has 0 unspecified atom stereocenters. The molecule has 3 nitrogen and oxygen atoms in total. The predicted molar refractivity (Wildman–Crippen MR) is 85.3 cm³/mol. The number of piperidine rings is 1. The fraction of sp³-hybridized carbons (Fsp3) is 0.647. The highest BCUT2D eigenvalue weighted by atomic mass is 19.1. The van der Waals surface area contributed by atoms with E-state index in [-0.39, 0.29) is 5.82 Å². The van der Waals surface area contributed by atoms with Crippen LogP contribution in [0, 0.1) is 11.2 Å². The monoisotopic (exact) mass is 291 g/mol. The minimum absolute atomic E-state index is 0.156. The third-order valence-corrected chi connectivity index (χ3v) is 4.98. The molecule has 3 rings (SSSR count). The van der Waals surface area contributed by atoms with E-state index in [4.69, 9.17) is 0 Å². The van der Waals surface area contributed by atoms with Crippen LogP contribution < -0.4 is 10.2 Å². The zero-order chi connectivity index (χ0) is 14.7. The van der Waals surface area contributed by atoms with Gasteiger partial charge in [-0.2, -0.15) is 0 Å². The van der Waals surface area contributed by atoms with Crippen molar-refractivity contribution in [3.8, 4) is 0 Å². The average Bonchev–Trinajstić information content (AvgIpc) is 2.49. The van der Waals surface area contributed by atoms with Crippen molar-refractivity contribution in [2.45, 2.75) is 19.8 Å². The molecule has 4 heteroatoms. The number of nitrogens with one attached hydrogen (secondary N) is 1. The van der Waals surface area contributed by atoms with E-state index in [0.29, 0.717) is 5.41 Å². The summed E-state index contributed by atoms with van der Waals surface area (Å²) in [6.45, 7) is 10.3. The number of hydrogen-bond donors (Lipinski definition) is 1. The third-order valence-electron chi connectivity index (χ3n) is 4.98. The number of halogens is 1. The Hall–Kier alpha value is -1.13. The van der Waals surface area contributed by atoms with Crippen LogP contribution in [0.2, 0.25) is 0 Å². The molecule has 116 valence electrons. The van der Waals surface area contributed by atoms with Gasteiger partial charge in [0.1, 0.15) is 5.82 Å². The molecule has 0 radical (unpaired) electrons. The molecule has 2 saturated heterocycles. The first-order chi connectivity index (χ1) is 10.1. The molecule has 0 saturated carbocycles. The average molecular weight is 291 g/mol. The highest BCUT2D eigenvalue weighted by Crippen LogP contribution is 2.29. The molecule has 2 aliphatic heterocycles. The van der Waals surface area contributed by atoms with E-state index >= 15 is 0 Å².